The average Bonchev–Trinajstić information content (AvgIpc) is 2.27. The van der Waals surface area contributed by atoms with Crippen molar-refractivity contribution in [3.63, 3.8) is 0 Å². The van der Waals surface area contributed by atoms with Gasteiger partial charge in [-0.1, -0.05) is 30.8 Å². The van der Waals surface area contributed by atoms with Crippen molar-refractivity contribution in [3.8, 4) is 0 Å². The maximum absolute atomic E-state index is 8.65. The van der Waals surface area contributed by atoms with Gasteiger partial charge >= 0.3 is 0 Å². The Bertz CT molecular complexity index is 406. The van der Waals surface area contributed by atoms with Gasteiger partial charge < -0.3 is 10.9 Å². The zero-order valence-electron chi connectivity index (χ0n) is 10.3. The summed E-state index contributed by atoms with van der Waals surface area (Å²) < 4.78 is 0. The van der Waals surface area contributed by atoms with E-state index in [0.717, 1.165) is 23.0 Å². The Morgan fingerprint density at radius 3 is 2.88 bits per heavy atom. The van der Waals surface area contributed by atoms with Crippen molar-refractivity contribution in [3.05, 3.63) is 18.0 Å². The summed E-state index contributed by atoms with van der Waals surface area (Å²) in [5, 5.41) is 12.5. The van der Waals surface area contributed by atoms with Crippen molar-refractivity contribution in [1.29, 1.82) is 0 Å². The molecule has 5 nitrogen and oxygen atoms in total. The Kier molecular flexibility index (Phi) is 4.74. The molecule has 0 aromatic carbocycles. The summed E-state index contributed by atoms with van der Waals surface area (Å²) in [6.07, 6.45) is 2.55. The first-order valence-electron chi connectivity index (χ1n) is 5.36. The highest BCUT2D eigenvalue weighted by Gasteiger charge is 2.23. The van der Waals surface area contributed by atoms with Crippen LogP contribution in [0.25, 0.3) is 0 Å². The number of rotatable bonds is 5. The highest BCUT2D eigenvalue weighted by Crippen LogP contribution is 2.25. The smallest absolute Gasteiger partial charge is 0.187 e. The highest BCUT2D eigenvalue weighted by molar-refractivity contribution is 7.99. The average molecular weight is 254 g/mol. The summed E-state index contributed by atoms with van der Waals surface area (Å²) in [6.45, 7) is 5.82. The molecule has 0 atom stereocenters. The van der Waals surface area contributed by atoms with Gasteiger partial charge in [-0.3, -0.25) is 0 Å². The molecule has 0 fully saturated rings. The fourth-order valence-electron chi connectivity index (χ4n) is 1.16. The first-order valence-corrected chi connectivity index (χ1v) is 6.35. The quantitative estimate of drug-likeness (QED) is 0.210. The fourth-order valence-corrected chi connectivity index (χ4v) is 2.30. The van der Waals surface area contributed by atoms with E-state index in [4.69, 9.17) is 10.9 Å². The standard InChI is InChI=1S/C11H18N4OS/c1-8-4-6-13-10(14-8)17-7-5-11(2,3)9(12)15-16/h4,6,16H,5,7H2,1-3H3,(H2,12,15). The van der Waals surface area contributed by atoms with E-state index in [0.29, 0.717) is 0 Å². The molecular formula is C11H18N4OS. The van der Waals surface area contributed by atoms with Crippen LogP contribution in [0.5, 0.6) is 0 Å². The second kappa shape index (κ2) is 5.86. The van der Waals surface area contributed by atoms with Crippen LogP contribution in [0.4, 0.5) is 0 Å². The molecule has 1 aromatic rings. The molecule has 0 aliphatic carbocycles. The number of aryl methyl sites for hydroxylation is 1. The van der Waals surface area contributed by atoms with E-state index in [1.807, 2.05) is 26.8 Å². The third-order valence-corrected chi connectivity index (χ3v) is 3.40. The number of nitrogens with two attached hydrogens (primary N) is 1. The van der Waals surface area contributed by atoms with Gasteiger partial charge in [-0.25, -0.2) is 9.97 Å². The molecule has 6 heteroatoms. The third kappa shape index (κ3) is 4.22. The van der Waals surface area contributed by atoms with Crippen LogP contribution in [0.3, 0.4) is 0 Å². The summed E-state index contributed by atoms with van der Waals surface area (Å²) in [6, 6.07) is 1.87. The van der Waals surface area contributed by atoms with Gasteiger partial charge in [0, 0.05) is 23.1 Å². The Morgan fingerprint density at radius 1 is 1.59 bits per heavy atom. The molecule has 0 saturated carbocycles. The van der Waals surface area contributed by atoms with Gasteiger partial charge in [0.15, 0.2) is 5.16 Å². The number of nitrogens with zero attached hydrogens (tertiary/aromatic N) is 3. The SMILES string of the molecule is Cc1ccnc(SCCC(C)(C)C(N)=NO)n1. The summed E-state index contributed by atoms with van der Waals surface area (Å²) in [5.41, 5.74) is 6.26. The van der Waals surface area contributed by atoms with E-state index < -0.39 is 0 Å². The predicted octanol–water partition coefficient (Wildman–Crippen LogP) is 2.04. The van der Waals surface area contributed by atoms with Crippen LogP contribution in [0.2, 0.25) is 0 Å². The Labute approximate surface area is 106 Å². The number of amidine groups is 1. The fraction of sp³-hybridized carbons (Fsp3) is 0.545. The van der Waals surface area contributed by atoms with E-state index >= 15 is 0 Å². The molecule has 0 aliphatic rings. The van der Waals surface area contributed by atoms with Gasteiger partial charge in [0.05, 0.1) is 0 Å². The van der Waals surface area contributed by atoms with E-state index in [2.05, 4.69) is 15.1 Å². The number of oxime groups is 1. The minimum Gasteiger partial charge on any atom is -0.409 e. The van der Waals surface area contributed by atoms with E-state index in [9.17, 15) is 0 Å². The van der Waals surface area contributed by atoms with Gasteiger partial charge in [-0.15, -0.1) is 0 Å². The van der Waals surface area contributed by atoms with Crippen molar-refractivity contribution in [2.24, 2.45) is 16.3 Å². The Morgan fingerprint density at radius 2 is 2.29 bits per heavy atom. The largest absolute Gasteiger partial charge is 0.409 e. The van der Waals surface area contributed by atoms with Crippen LogP contribution in [-0.2, 0) is 0 Å². The lowest BCUT2D eigenvalue weighted by atomic mass is 9.89. The Balaban J connectivity index is 2.48. The Hall–Kier alpha value is -1.30. The normalized spacial score (nSPS) is 12.8. The first kappa shape index (κ1) is 13.8. The van der Waals surface area contributed by atoms with E-state index in [1.54, 1.807) is 18.0 Å². The third-order valence-electron chi connectivity index (χ3n) is 2.53. The van der Waals surface area contributed by atoms with Crippen LogP contribution in [0, 0.1) is 12.3 Å². The second-order valence-electron chi connectivity index (χ2n) is 4.45. The topological polar surface area (TPSA) is 84.4 Å². The molecule has 0 bridgehead atoms. The minimum absolute atomic E-state index is 0.253. The molecule has 1 heterocycles. The van der Waals surface area contributed by atoms with Crippen LogP contribution in [0.15, 0.2) is 22.6 Å². The van der Waals surface area contributed by atoms with Gasteiger partial charge in [0.2, 0.25) is 0 Å². The van der Waals surface area contributed by atoms with Gasteiger partial charge in [0.1, 0.15) is 5.84 Å². The lowest BCUT2D eigenvalue weighted by Gasteiger charge is -2.21. The van der Waals surface area contributed by atoms with Crippen molar-refractivity contribution in [2.75, 3.05) is 5.75 Å². The summed E-state index contributed by atoms with van der Waals surface area (Å²) >= 11 is 1.57. The molecule has 0 unspecified atom stereocenters. The summed E-state index contributed by atoms with van der Waals surface area (Å²) in [5.74, 6) is 1.08. The molecule has 1 aromatic heterocycles. The van der Waals surface area contributed by atoms with Crippen LogP contribution in [-0.4, -0.2) is 26.8 Å². The van der Waals surface area contributed by atoms with E-state index in [-0.39, 0.29) is 11.3 Å². The van der Waals surface area contributed by atoms with Crippen molar-refractivity contribution in [1.82, 2.24) is 9.97 Å². The van der Waals surface area contributed by atoms with Crippen molar-refractivity contribution < 1.29 is 5.21 Å². The molecule has 0 radical (unpaired) electrons. The van der Waals surface area contributed by atoms with Crippen LogP contribution in [0.1, 0.15) is 26.0 Å². The van der Waals surface area contributed by atoms with Crippen molar-refractivity contribution >= 4 is 17.6 Å². The van der Waals surface area contributed by atoms with Gasteiger partial charge in [-0.05, 0) is 19.4 Å². The lowest BCUT2D eigenvalue weighted by molar-refractivity contribution is 0.307. The number of aromatic nitrogens is 2. The summed E-state index contributed by atoms with van der Waals surface area (Å²) in [7, 11) is 0. The maximum atomic E-state index is 8.65. The summed E-state index contributed by atoms with van der Waals surface area (Å²) in [4.78, 5) is 8.46. The molecule has 0 spiro atoms. The monoisotopic (exact) mass is 254 g/mol. The molecule has 17 heavy (non-hydrogen) atoms. The molecule has 94 valence electrons. The lowest BCUT2D eigenvalue weighted by Crippen LogP contribution is -2.32. The van der Waals surface area contributed by atoms with Crippen LogP contribution >= 0.6 is 11.8 Å². The highest BCUT2D eigenvalue weighted by atomic mass is 32.2. The molecule has 3 N–H and O–H groups in total. The molecule has 0 saturated heterocycles. The second-order valence-corrected chi connectivity index (χ2v) is 5.51. The van der Waals surface area contributed by atoms with E-state index in [1.165, 1.54) is 0 Å². The predicted molar refractivity (Wildman–Crippen MR) is 69.3 cm³/mol. The zero-order valence-corrected chi connectivity index (χ0v) is 11.2. The number of thioether (sulfide) groups is 1. The zero-order chi connectivity index (χ0) is 12.9. The first-order chi connectivity index (χ1) is 7.95. The molecular weight excluding hydrogens is 236 g/mol. The molecule has 0 aliphatic heterocycles. The van der Waals surface area contributed by atoms with Gasteiger partial charge in [-0.2, -0.15) is 0 Å². The van der Waals surface area contributed by atoms with Crippen molar-refractivity contribution in [2.45, 2.75) is 32.3 Å². The maximum Gasteiger partial charge on any atom is 0.187 e. The van der Waals surface area contributed by atoms with Crippen LogP contribution < -0.4 is 5.73 Å². The van der Waals surface area contributed by atoms with Gasteiger partial charge in [0.25, 0.3) is 0 Å². The molecule has 1 rings (SSSR count). The number of hydrogen-bond donors (Lipinski definition) is 2. The minimum atomic E-state index is -0.314. The molecule has 0 amide bonds. The number of hydrogen-bond acceptors (Lipinski definition) is 5.